The Hall–Kier alpha value is -3.00. The molecule has 0 aliphatic carbocycles. The van der Waals surface area contributed by atoms with Crippen LogP contribution in [0, 0.1) is 12.7 Å². The predicted molar refractivity (Wildman–Crippen MR) is 93.2 cm³/mol. The highest BCUT2D eigenvalue weighted by atomic mass is 35.5. The standard InChI is InChI=1S/C17H13ClFN5O2/c1-8-16-11(10-6-9(18)2-3-12(10)19)7-15(26)20-17(16)24(23-8)13-4-5-14(25)22-21-13/h2-6,11H,7H2,1H3,(H,20,26)(H,22,25)/t11-/m1/s1. The lowest BCUT2D eigenvalue weighted by Gasteiger charge is -2.24. The van der Waals surface area contributed by atoms with Crippen LogP contribution in [-0.4, -0.2) is 25.9 Å². The number of rotatable bonds is 2. The molecule has 26 heavy (non-hydrogen) atoms. The van der Waals surface area contributed by atoms with Crippen LogP contribution in [0.4, 0.5) is 10.2 Å². The van der Waals surface area contributed by atoms with Gasteiger partial charge in [0.1, 0.15) is 11.6 Å². The number of hydrogen-bond acceptors (Lipinski definition) is 4. The summed E-state index contributed by atoms with van der Waals surface area (Å²) in [5, 5.41) is 13.8. The van der Waals surface area contributed by atoms with E-state index in [2.05, 4.69) is 20.6 Å². The summed E-state index contributed by atoms with van der Waals surface area (Å²) in [6.07, 6.45) is 0.0792. The molecule has 0 saturated heterocycles. The Morgan fingerprint density at radius 2 is 2.08 bits per heavy atom. The molecule has 1 amide bonds. The number of anilines is 1. The second-order valence-corrected chi connectivity index (χ2v) is 6.45. The van der Waals surface area contributed by atoms with Crippen LogP contribution >= 0.6 is 11.6 Å². The third kappa shape index (κ3) is 2.68. The first kappa shape index (κ1) is 16.5. The van der Waals surface area contributed by atoms with Gasteiger partial charge in [-0.05, 0) is 36.8 Å². The Balaban J connectivity index is 1.91. The highest BCUT2D eigenvalue weighted by Gasteiger charge is 2.34. The molecule has 0 spiro atoms. The predicted octanol–water partition coefficient (Wildman–Crippen LogP) is 2.53. The zero-order chi connectivity index (χ0) is 18.4. The normalized spacial score (nSPS) is 16.3. The quantitative estimate of drug-likeness (QED) is 0.722. The maximum absolute atomic E-state index is 14.4. The monoisotopic (exact) mass is 373 g/mol. The van der Waals surface area contributed by atoms with Gasteiger partial charge in [-0.25, -0.2) is 9.49 Å². The van der Waals surface area contributed by atoms with Gasteiger partial charge in [0.05, 0.1) is 5.69 Å². The topological polar surface area (TPSA) is 92.7 Å². The minimum Gasteiger partial charge on any atom is -0.310 e. The number of aryl methyl sites for hydroxylation is 1. The number of carbonyl (C=O) groups is 1. The van der Waals surface area contributed by atoms with Gasteiger partial charge in [-0.2, -0.15) is 14.9 Å². The average molecular weight is 374 g/mol. The van der Waals surface area contributed by atoms with Crippen LogP contribution in [0.3, 0.4) is 0 Å². The van der Waals surface area contributed by atoms with Crippen LogP contribution in [-0.2, 0) is 4.79 Å². The van der Waals surface area contributed by atoms with Crippen molar-refractivity contribution < 1.29 is 9.18 Å². The summed E-state index contributed by atoms with van der Waals surface area (Å²) in [5.74, 6) is -0.486. The molecule has 132 valence electrons. The highest BCUT2D eigenvalue weighted by molar-refractivity contribution is 6.30. The van der Waals surface area contributed by atoms with Gasteiger partial charge in [-0.1, -0.05) is 11.6 Å². The fraction of sp³-hybridized carbons (Fsp3) is 0.176. The van der Waals surface area contributed by atoms with Crippen LogP contribution in [0.1, 0.15) is 29.2 Å². The fourth-order valence-corrected chi connectivity index (χ4v) is 3.40. The second-order valence-electron chi connectivity index (χ2n) is 6.01. The van der Waals surface area contributed by atoms with Crippen LogP contribution in [0.25, 0.3) is 5.82 Å². The molecule has 2 aromatic heterocycles. The molecule has 0 bridgehead atoms. The molecule has 3 heterocycles. The van der Waals surface area contributed by atoms with Gasteiger partial charge in [-0.3, -0.25) is 9.59 Å². The Labute approximate surface area is 151 Å². The second kappa shape index (κ2) is 6.06. The number of aromatic amines is 1. The van der Waals surface area contributed by atoms with Gasteiger partial charge in [-0.15, -0.1) is 0 Å². The van der Waals surface area contributed by atoms with Crippen LogP contribution in [0.15, 0.2) is 35.1 Å². The molecule has 0 fully saturated rings. The van der Waals surface area contributed by atoms with Crippen molar-refractivity contribution in [1.82, 2.24) is 20.0 Å². The number of H-pyrrole nitrogens is 1. The molecule has 0 unspecified atom stereocenters. The van der Waals surface area contributed by atoms with E-state index in [-0.39, 0.29) is 17.9 Å². The van der Waals surface area contributed by atoms with E-state index < -0.39 is 11.7 Å². The molecule has 3 aromatic rings. The first-order valence-electron chi connectivity index (χ1n) is 7.84. The number of aromatic nitrogens is 4. The summed E-state index contributed by atoms with van der Waals surface area (Å²) in [7, 11) is 0. The van der Waals surface area contributed by atoms with Gasteiger partial charge >= 0.3 is 0 Å². The van der Waals surface area contributed by atoms with Crippen molar-refractivity contribution >= 4 is 23.3 Å². The number of nitrogens with zero attached hydrogens (tertiary/aromatic N) is 3. The summed E-state index contributed by atoms with van der Waals surface area (Å²) in [6, 6.07) is 7.07. The van der Waals surface area contributed by atoms with Crippen molar-refractivity contribution in [2.75, 3.05) is 5.32 Å². The maximum Gasteiger partial charge on any atom is 0.264 e. The van der Waals surface area contributed by atoms with Crippen molar-refractivity contribution in [3.63, 3.8) is 0 Å². The van der Waals surface area contributed by atoms with Crippen molar-refractivity contribution in [3.8, 4) is 5.82 Å². The van der Waals surface area contributed by atoms with Gasteiger partial charge in [0.15, 0.2) is 5.82 Å². The molecule has 1 atom stereocenters. The van der Waals surface area contributed by atoms with Crippen molar-refractivity contribution in [3.05, 3.63) is 68.3 Å². The first-order valence-corrected chi connectivity index (χ1v) is 8.22. The Morgan fingerprint density at radius 3 is 2.81 bits per heavy atom. The zero-order valence-electron chi connectivity index (χ0n) is 13.6. The molecule has 1 aromatic carbocycles. The molecule has 1 aliphatic rings. The first-order chi connectivity index (χ1) is 12.4. The number of halogens is 2. The molecular weight excluding hydrogens is 361 g/mol. The molecule has 7 nitrogen and oxygen atoms in total. The number of carbonyl (C=O) groups excluding carboxylic acids is 1. The third-order valence-corrected chi connectivity index (χ3v) is 4.55. The summed E-state index contributed by atoms with van der Waals surface area (Å²) < 4.78 is 15.8. The van der Waals surface area contributed by atoms with Crippen LogP contribution in [0.5, 0.6) is 0 Å². The van der Waals surface area contributed by atoms with E-state index in [0.29, 0.717) is 33.5 Å². The lowest BCUT2D eigenvalue weighted by molar-refractivity contribution is -0.116. The number of fused-ring (bicyclic) bond motifs is 1. The number of nitrogens with one attached hydrogen (secondary N) is 2. The summed E-state index contributed by atoms with van der Waals surface area (Å²) in [5.41, 5.74) is 1.30. The minimum atomic E-state index is -0.519. The van der Waals surface area contributed by atoms with Gasteiger partial charge in [0.2, 0.25) is 5.91 Å². The number of hydrogen-bond donors (Lipinski definition) is 2. The Kier molecular flexibility index (Phi) is 3.84. The third-order valence-electron chi connectivity index (χ3n) is 4.32. The molecule has 4 rings (SSSR count). The molecule has 9 heteroatoms. The van der Waals surface area contributed by atoms with Crippen molar-refractivity contribution in [2.45, 2.75) is 19.3 Å². The lowest BCUT2D eigenvalue weighted by Crippen LogP contribution is -2.25. The summed E-state index contributed by atoms with van der Waals surface area (Å²) in [4.78, 5) is 23.5. The minimum absolute atomic E-state index is 0.0792. The zero-order valence-corrected chi connectivity index (χ0v) is 14.3. The molecule has 0 radical (unpaired) electrons. The van der Waals surface area contributed by atoms with Crippen molar-refractivity contribution in [2.24, 2.45) is 0 Å². The fourth-order valence-electron chi connectivity index (χ4n) is 3.22. The van der Waals surface area contributed by atoms with E-state index >= 15 is 0 Å². The molecule has 1 aliphatic heterocycles. The maximum atomic E-state index is 14.4. The lowest BCUT2D eigenvalue weighted by atomic mass is 9.85. The highest BCUT2D eigenvalue weighted by Crippen LogP contribution is 2.41. The van der Waals surface area contributed by atoms with Crippen LogP contribution in [0.2, 0.25) is 5.02 Å². The Morgan fingerprint density at radius 1 is 1.27 bits per heavy atom. The number of benzene rings is 1. The number of amides is 1. The van der Waals surface area contributed by atoms with E-state index in [4.69, 9.17) is 11.6 Å². The van der Waals surface area contributed by atoms with Gasteiger partial charge < -0.3 is 5.32 Å². The van der Waals surface area contributed by atoms with E-state index in [9.17, 15) is 14.0 Å². The van der Waals surface area contributed by atoms with E-state index in [1.54, 1.807) is 6.92 Å². The van der Waals surface area contributed by atoms with Gasteiger partial charge in [0, 0.05) is 29.0 Å². The summed E-state index contributed by atoms with van der Waals surface area (Å²) in [6.45, 7) is 1.77. The largest absolute Gasteiger partial charge is 0.310 e. The molecule has 0 saturated carbocycles. The van der Waals surface area contributed by atoms with E-state index in [1.165, 1.54) is 35.0 Å². The smallest absolute Gasteiger partial charge is 0.264 e. The van der Waals surface area contributed by atoms with Crippen LogP contribution < -0.4 is 10.9 Å². The molecular formula is C17H13ClFN5O2. The molecule has 2 N–H and O–H groups in total. The van der Waals surface area contributed by atoms with Gasteiger partial charge in [0.25, 0.3) is 5.56 Å². The van der Waals surface area contributed by atoms with E-state index in [1.807, 2.05) is 0 Å². The summed E-state index contributed by atoms with van der Waals surface area (Å²) >= 11 is 6.02. The van der Waals surface area contributed by atoms with E-state index in [0.717, 1.165) is 0 Å². The average Bonchev–Trinajstić information content (AvgIpc) is 2.94. The SMILES string of the molecule is Cc1nn(-c2ccc(=O)[nH]n2)c2c1[C@@H](c1cc(Cl)ccc1F)CC(=O)N2. The van der Waals surface area contributed by atoms with Crippen molar-refractivity contribution in [1.29, 1.82) is 0 Å². The Bertz CT molecular complexity index is 1070.